The molecule has 0 atom stereocenters. The Balaban J connectivity index is -0.000000188. The van der Waals surface area contributed by atoms with Gasteiger partial charge in [0, 0.05) is 15.4 Å². The normalized spacial score (nSPS) is 17.6. The number of carbonyl (C=O) groups is 1. The molecule has 0 aromatic heterocycles. The maximum absolute atomic E-state index is 11.1. The molecule has 1 amide bonds. The first-order valence-corrected chi connectivity index (χ1v) is 12.6. The summed E-state index contributed by atoms with van der Waals surface area (Å²) in [7, 11) is 0.750. The fourth-order valence-electron chi connectivity index (χ4n) is 3.05. The van der Waals surface area contributed by atoms with Crippen molar-refractivity contribution in [3.8, 4) is 0 Å². The van der Waals surface area contributed by atoms with Crippen LogP contribution in [0.1, 0.15) is 90.9 Å². The van der Waals surface area contributed by atoms with E-state index in [-0.39, 0.29) is 58.4 Å². The molecule has 0 aliphatic heterocycles. The Hall–Kier alpha value is 0.461. The minimum atomic E-state index is -0.327. The summed E-state index contributed by atoms with van der Waals surface area (Å²) >= 11 is 0. The van der Waals surface area contributed by atoms with E-state index in [4.69, 9.17) is 5.73 Å². The number of allylic oxidation sites excluding steroid dienone is 4. The van der Waals surface area contributed by atoms with Gasteiger partial charge in [0.05, 0.1) is 5.91 Å². The number of hydrogen-bond acceptors (Lipinski definition) is 1. The van der Waals surface area contributed by atoms with Crippen LogP contribution in [0.2, 0.25) is 13.1 Å². The summed E-state index contributed by atoms with van der Waals surface area (Å²) in [5.74, 6) is -0.281. The van der Waals surface area contributed by atoms with Crippen molar-refractivity contribution in [3.63, 3.8) is 0 Å². The van der Waals surface area contributed by atoms with E-state index in [1.807, 2.05) is 0 Å². The summed E-state index contributed by atoms with van der Waals surface area (Å²) in [6, 6.07) is 0. The molecule has 2 rings (SSSR count). The first-order chi connectivity index (χ1) is 12.0. The Labute approximate surface area is 204 Å². The molecule has 6 heteroatoms. The van der Waals surface area contributed by atoms with Gasteiger partial charge in [-0.2, -0.15) is 5.57 Å². The molecule has 0 unspecified atom stereocenters. The Kier molecular flexibility index (Phi) is 32.7. The fourth-order valence-corrected chi connectivity index (χ4v) is 3.05. The van der Waals surface area contributed by atoms with Crippen LogP contribution in [-0.2, 0) is 26.5 Å². The molecule has 0 heterocycles. The third kappa shape index (κ3) is 21.2. The van der Waals surface area contributed by atoms with Crippen molar-refractivity contribution in [1.29, 1.82) is 0 Å². The first-order valence-electron chi connectivity index (χ1n) is 10.2. The van der Waals surface area contributed by atoms with E-state index < -0.39 is 0 Å². The summed E-state index contributed by atoms with van der Waals surface area (Å²) in [5.41, 5.74) is 10.1. The van der Waals surface area contributed by atoms with Crippen LogP contribution in [0.15, 0.2) is 17.2 Å². The maximum Gasteiger partial charge on any atom is 4.00 e. The Morgan fingerprint density at radius 2 is 1.29 bits per heavy atom. The molecule has 1 saturated carbocycles. The second kappa shape index (κ2) is 25.5. The summed E-state index contributed by atoms with van der Waals surface area (Å²) in [5, 5.41) is 0. The van der Waals surface area contributed by atoms with Gasteiger partial charge >= 0.3 is 21.7 Å². The van der Waals surface area contributed by atoms with Gasteiger partial charge in [0.15, 0.2) is 0 Å². The number of carbonyl (C=O) groups excluding carboxylic acids is 1. The van der Waals surface area contributed by atoms with Crippen LogP contribution in [0, 0.1) is 12.0 Å². The molecule has 28 heavy (non-hydrogen) atoms. The Bertz CT molecular complexity index is 405. The zero-order chi connectivity index (χ0) is 18.9. The van der Waals surface area contributed by atoms with Gasteiger partial charge in [-0.15, -0.1) is 13.3 Å². The zero-order valence-corrected chi connectivity index (χ0v) is 22.6. The molecule has 1 N–H and O–H groups in total. The number of amides is 1. The van der Waals surface area contributed by atoms with Crippen LogP contribution in [0.4, 0.5) is 0 Å². The molecule has 0 aromatic carbocycles. The zero-order valence-electron chi connectivity index (χ0n) is 18.4. The number of halogens is 2. The summed E-state index contributed by atoms with van der Waals surface area (Å²) in [6.45, 7) is 8.68. The summed E-state index contributed by atoms with van der Waals surface area (Å²) < 4.78 is 0. The maximum atomic E-state index is 11.1. The van der Waals surface area contributed by atoms with Crippen molar-refractivity contribution in [2.45, 2.75) is 104 Å². The van der Waals surface area contributed by atoms with Crippen LogP contribution < -0.4 is 24.8 Å². The van der Waals surface area contributed by atoms with E-state index in [0.717, 1.165) is 41.6 Å². The molecule has 0 saturated heterocycles. The number of nitrogens with one attached hydrogen (secondary N) is 1. The Morgan fingerprint density at radius 1 is 0.929 bits per heavy atom. The van der Waals surface area contributed by atoms with Crippen molar-refractivity contribution in [3.05, 3.63) is 29.0 Å². The van der Waals surface area contributed by atoms with Gasteiger partial charge in [0.1, 0.15) is 0 Å². The average Bonchev–Trinajstić information content (AvgIpc) is 2.92. The molecule has 0 spiro atoms. The number of hydrogen-bond donors (Lipinski definition) is 0. The smallest absolute Gasteiger partial charge is 1.00 e. The quantitative estimate of drug-likeness (QED) is 0.409. The Morgan fingerprint density at radius 3 is 1.50 bits per heavy atom. The molecule has 1 radical (unpaired) electrons. The minimum Gasteiger partial charge on any atom is -1.00 e. The molecular weight excluding hydrogens is 441 g/mol. The van der Waals surface area contributed by atoms with Crippen molar-refractivity contribution in [1.82, 2.24) is 0 Å². The summed E-state index contributed by atoms with van der Waals surface area (Å²) in [4.78, 5) is 11.1. The molecule has 2 aliphatic rings. The van der Waals surface area contributed by atoms with E-state index >= 15 is 0 Å². The van der Waals surface area contributed by atoms with Crippen LogP contribution >= 0.6 is 0 Å². The van der Waals surface area contributed by atoms with Gasteiger partial charge in [-0.05, 0) is 12.8 Å². The van der Waals surface area contributed by atoms with Crippen LogP contribution in [-0.4, -0.2) is 15.4 Å². The van der Waals surface area contributed by atoms with Crippen molar-refractivity contribution in [2.75, 3.05) is 0 Å². The summed E-state index contributed by atoms with van der Waals surface area (Å²) in [6.07, 6.45) is 19.7. The number of rotatable bonds is 1. The monoisotopic (exact) mass is 480 g/mol. The molecular formula is C22H40Cl2NOSiTi. The predicted octanol–water partition coefficient (Wildman–Crippen LogP) is 1.10. The van der Waals surface area contributed by atoms with Crippen molar-refractivity contribution in [2.24, 2.45) is 5.92 Å². The van der Waals surface area contributed by atoms with Gasteiger partial charge < -0.3 is 35.3 Å². The van der Waals surface area contributed by atoms with E-state index in [2.05, 4.69) is 39.1 Å². The molecule has 2 nitrogen and oxygen atoms in total. The second-order valence-electron chi connectivity index (χ2n) is 7.39. The molecule has 161 valence electrons. The topological polar surface area (TPSA) is 40.9 Å². The van der Waals surface area contributed by atoms with Gasteiger partial charge in [0.2, 0.25) is 0 Å². The SMILES string of the molecule is CC1=C(C)C[C-]=C1.C[SiH]C.[Cl-].[Cl-].[NH-]C(=O)C1CCCCCCCCCCC1.[Ti+4]. The third-order valence-electron chi connectivity index (χ3n) is 4.83. The predicted molar refractivity (Wildman–Crippen MR) is 113 cm³/mol. The molecule has 0 bridgehead atoms. The van der Waals surface area contributed by atoms with Gasteiger partial charge in [0.25, 0.3) is 0 Å². The second-order valence-corrected chi connectivity index (χ2v) is 8.54. The van der Waals surface area contributed by atoms with Crippen LogP contribution in [0.3, 0.4) is 0 Å². The molecule has 1 fully saturated rings. The molecule has 0 aromatic rings. The third-order valence-corrected chi connectivity index (χ3v) is 4.83. The van der Waals surface area contributed by atoms with E-state index in [1.54, 1.807) is 0 Å². The van der Waals surface area contributed by atoms with E-state index in [0.29, 0.717) is 0 Å². The van der Waals surface area contributed by atoms with Crippen LogP contribution in [0.25, 0.3) is 5.73 Å². The van der Waals surface area contributed by atoms with Gasteiger partial charge in [-0.1, -0.05) is 77.8 Å². The van der Waals surface area contributed by atoms with E-state index in [9.17, 15) is 4.79 Å². The van der Waals surface area contributed by atoms with Crippen molar-refractivity contribution >= 4 is 15.4 Å². The largest absolute Gasteiger partial charge is 4.00 e. The fraction of sp³-hybridized carbons (Fsp3) is 0.773. The van der Waals surface area contributed by atoms with E-state index in [1.165, 1.54) is 56.1 Å². The van der Waals surface area contributed by atoms with Crippen molar-refractivity contribution < 1.29 is 51.3 Å². The van der Waals surface area contributed by atoms with Crippen LogP contribution in [0.5, 0.6) is 0 Å². The molecule has 2 aliphatic carbocycles. The average molecular weight is 481 g/mol. The first kappa shape index (κ1) is 35.9. The standard InChI is InChI=1S/C13H25NO.C7H9.C2H7Si.2ClH.Ti/c14-13(15)12-10-8-6-4-2-1-3-5-7-9-11-12;1-6-4-3-5-7(6)2;1-3-2;;;/h12H,1-11H2,(H2,14,15);4H,5H2,1-2H3;3H,1-2H3;2*1H;/q;-1;;;;+4/p-3. The minimum absolute atomic E-state index is 0. The van der Waals surface area contributed by atoms with Gasteiger partial charge in [-0.3, -0.25) is 6.08 Å². The van der Waals surface area contributed by atoms with Gasteiger partial charge in [-0.25, -0.2) is 11.6 Å².